The predicted octanol–water partition coefficient (Wildman–Crippen LogP) is 3.55. The van der Waals surface area contributed by atoms with Crippen molar-refractivity contribution >= 4 is 22.7 Å². The van der Waals surface area contributed by atoms with Crippen molar-refractivity contribution in [3.63, 3.8) is 0 Å². The summed E-state index contributed by atoms with van der Waals surface area (Å²) in [6.07, 6.45) is 2.19. The summed E-state index contributed by atoms with van der Waals surface area (Å²) < 4.78 is 0. The van der Waals surface area contributed by atoms with Crippen LogP contribution < -0.4 is 16.8 Å². The van der Waals surface area contributed by atoms with E-state index in [-0.39, 0.29) is 0 Å². The molecule has 18 heavy (non-hydrogen) atoms. The molecule has 5 N–H and O–H groups in total. The molecule has 0 aliphatic carbocycles. The molecule has 0 saturated carbocycles. The standard InChI is InChI=1S/C15H19N3/c1-2-5-11-6-3-4-7-15(11)18-12-8-9-13(16)14(17)10-12/h3-4,6-10,18H,2,5,16-17H2,1H3. The van der Waals surface area contributed by atoms with Gasteiger partial charge in [0, 0.05) is 11.4 Å². The van der Waals surface area contributed by atoms with E-state index in [1.807, 2.05) is 24.3 Å². The third-order valence-corrected chi connectivity index (χ3v) is 2.90. The third-order valence-electron chi connectivity index (χ3n) is 2.90. The fraction of sp³-hybridized carbons (Fsp3) is 0.200. The van der Waals surface area contributed by atoms with Crippen molar-refractivity contribution in [3.8, 4) is 0 Å². The van der Waals surface area contributed by atoms with E-state index in [0.29, 0.717) is 11.4 Å². The summed E-state index contributed by atoms with van der Waals surface area (Å²) in [5, 5.41) is 3.39. The van der Waals surface area contributed by atoms with E-state index >= 15 is 0 Å². The predicted molar refractivity (Wildman–Crippen MR) is 79.0 cm³/mol. The number of benzene rings is 2. The third kappa shape index (κ3) is 2.74. The fourth-order valence-electron chi connectivity index (χ4n) is 1.94. The van der Waals surface area contributed by atoms with Gasteiger partial charge in [0.1, 0.15) is 0 Å². The van der Waals surface area contributed by atoms with Crippen molar-refractivity contribution in [2.45, 2.75) is 19.8 Å². The molecule has 0 spiro atoms. The lowest BCUT2D eigenvalue weighted by molar-refractivity contribution is 0.923. The normalized spacial score (nSPS) is 10.3. The van der Waals surface area contributed by atoms with E-state index in [9.17, 15) is 0 Å². The lowest BCUT2D eigenvalue weighted by Gasteiger charge is -2.12. The van der Waals surface area contributed by atoms with Crippen LogP contribution in [0.5, 0.6) is 0 Å². The second-order valence-corrected chi connectivity index (χ2v) is 4.38. The number of nitrogens with two attached hydrogens (primary N) is 2. The molecule has 94 valence electrons. The van der Waals surface area contributed by atoms with Gasteiger partial charge in [0.2, 0.25) is 0 Å². The first-order valence-electron chi connectivity index (χ1n) is 6.20. The van der Waals surface area contributed by atoms with E-state index in [2.05, 4.69) is 30.4 Å². The molecule has 2 rings (SSSR count). The zero-order valence-corrected chi connectivity index (χ0v) is 10.6. The number of nitrogen functional groups attached to an aromatic ring is 2. The first-order valence-corrected chi connectivity index (χ1v) is 6.20. The molecule has 0 unspecified atom stereocenters. The van der Waals surface area contributed by atoms with Crippen molar-refractivity contribution < 1.29 is 0 Å². The molecule has 0 aromatic heterocycles. The molecule has 0 fully saturated rings. The van der Waals surface area contributed by atoms with Crippen molar-refractivity contribution in [1.82, 2.24) is 0 Å². The first-order chi connectivity index (χ1) is 8.70. The van der Waals surface area contributed by atoms with Gasteiger partial charge in [-0.1, -0.05) is 31.5 Å². The maximum atomic E-state index is 5.81. The Morgan fingerprint density at radius 2 is 1.78 bits per heavy atom. The van der Waals surface area contributed by atoms with Gasteiger partial charge >= 0.3 is 0 Å². The van der Waals surface area contributed by atoms with Gasteiger partial charge in [0.25, 0.3) is 0 Å². The van der Waals surface area contributed by atoms with E-state index in [4.69, 9.17) is 11.5 Å². The van der Waals surface area contributed by atoms with Gasteiger partial charge in [0.15, 0.2) is 0 Å². The highest BCUT2D eigenvalue weighted by Crippen LogP contribution is 2.25. The lowest BCUT2D eigenvalue weighted by atomic mass is 10.1. The topological polar surface area (TPSA) is 64.1 Å². The zero-order chi connectivity index (χ0) is 13.0. The minimum atomic E-state index is 0.605. The van der Waals surface area contributed by atoms with E-state index in [1.165, 1.54) is 5.56 Å². The Morgan fingerprint density at radius 1 is 1.00 bits per heavy atom. The van der Waals surface area contributed by atoms with E-state index in [1.54, 1.807) is 0 Å². The molecule has 0 atom stereocenters. The second-order valence-electron chi connectivity index (χ2n) is 4.38. The number of nitrogens with one attached hydrogen (secondary N) is 1. The molecule has 2 aromatic rings. The molecular formula is C15H19N3. The Balaban J connectivity index is 2.25. The zero-order valence-electron chi connectivity index (χ0n) is 10.6. The molecule has 0 saturated heterocycles. The van der Waals surface area contributed by atoms with Crippen LogP contribution in [-0.4, -0.2) is 0 Å². The van der Waals surface area contributed by atoms with Crippen molar-refractivity contribution in [1.29, 1.82) is 0 Å². The number of para-hydroxylation sites is 1. The molecule has 0 radical (unpaired) electrons. The van der Waals surface area contributed by atoms with Crippen molar-refractivity contribution in [2.75, 3.05) is 16.8 Å². The Hall–Kier alpha value is -2.16. The summed E-state index contributed by atoms with van der Waals surface area (Å²) in [6.45, 7) is 2.18. The van der Waals surface area contributed by atoms with Gasteiger partial charge in [-0.3, -0.25) is 0 Å². The van der Waals surface area contributed by atoms with Crippen LogP contribution in [0.25, 0.3) is 0 Å². The highest BCUT2D eigenvalue weighted by molar-refractivity contribution is 5.73. The Bertz CT molecular complexity index is 535. The largest absolute Gasteiger partial charge is 0.397 e. The van der Waals surface area contributed by atoms with Crippen LogP contribution in [0.3, 0.4) is 0 Å². The summed E-state index contributed by atoms with van der Waals surface area (Å²) in [6, 6.07) is 13.9. The summed E-state index contributed by atoms with van der Waals surface area (Å²) in [5.41, 5.74) is 16.1. The summed E-state index contributed by atoms with van der Waals surface area (Å²) in [4.78, 5) is 0. The number of anilines is 4. The SMILES string of the molecule is CCCc1ccccc1Nc1ccc(N)c(N)c1. The van der Waals surface area contributed by atoms with E-state index in [0.717, 1.165) is 24.2 Å². The quantitative estimate of drug-likeness (QED) is 0.717. The molecule has 2 aromatic carbocycles. The highest BCUT2D eigenvalue weighted by Gasteiger charge is 2.02. The minimum Gasteiger partial charge on any atom is -0.397 e. The molecular weight excluding hydrogens is 222 g/mol. The van der Waals surface area contributed by atoms with Crippen LogP contribution in [-0.2, 0) is 6.42 Å². The maximum Gasteiger partial charge on any atom is 0.0568 e. The van der Waals surface area contributed by atoms with Crippen LogP contribution in [0.1, 0.15) is 18.9 Å². The Labute approximate surface area is 108 Å². The van der Waals surface area contributed by atoms with Crippen molar-refractivity contribution in [3.05, 3.63) is 48.0 Å². The second kappa shape index (κ2) is 5.45. The molecule has 0 heterocycles. The van der Waals surface area contributed by atoms with Gasteiger partial charge in [-0.25, -0.2) is 0 Å². The maximum absolute atomic E-state index is 5.81. The average molecular weight is 241 g/mol. The monoisotopic (exact) mass is 241 g/mol. The highest BCUT2D eigenvalue weighted by atomic mass is 14.9. The molecule has 0 amide bonds. The van der Waals surface area contributed by atoms with Gasteiger partial charge in [-0.05, 0) is 36.2 Å². The van der Waals surface area contributed by atoms with Gasteiger partial charge in [-0.15, -0.1) is 0 Å². The number of rotatable bonds is 4. The van der Waals surface area contributed by atoms with Crippen LogP contribution in [0, 0.1) is 0 Å². The molecule has 3 heteroatoms. The molecule has 0 aliphatic heterocycles. The first kappa shape index (κ1) is 12.3. The molecule has 0 aliphatic rings. The Kier molecular flexibility index (Phi) is 3.72. The smallest absolute Gasteiger partial charge is 0.0568 e. The average Bonchev–Trinajstić information content (AvgIpc) is 2.37. The van der Waals surface area contributed by atoms with Crippen LogP contribution in [0.4, 0.5) is 22.7 Å². The number of hydrogen-bond acceptors (Lipinski definition) is 3. The summed E-state index contributed by atoms with van der Waals surface area (Å²) >= 11 is 0. The fourth-order valence-corrected chi connectivity index (χ4v) is 1.94. The summed E-state index contributed by atoms with van der Waals surface area (Å²) in [7, 11) is 0. The summed E-state index contributed by atoms with van der Waals surface area (Å²) in [5.74, 6) is 0. The van der Waals surface area contributed by atoms with Crippen LogP contribution in [0.2, 0.25) is 0 Å². The molecule has 3 nitrogen and oxygen atoms in total. The number of hydrogen-bond donors (Lipinski definition) is 3. The van der Waals surface area contributed by atoms with Gasteiger partial charge < -0.3 is 16.8 Å². The molecule has 0 bridgehead atoms. The van der Waals surface area contributed by atoms with Gasteiger partial charge in [-0.2, -0.15) is 0 Å². The Morgan fingerprint density at radius 3 is 2.50 bits per heavy atom. The van der Waals surface area contributed by atoms with Gasteiger partial charge in [0.05, 0.1) is 11.4 Å². The van der Waals surface area contributed by atoms with Crippen LogP contribution in [0.15, 0.2) is 42.5 Å². The van der Waals surface area contributed by atoms with Crippen LogP contribution >= 0.6 is 0 Å². The lowest BCUT2D eigenvalue weighted by Crippen LogP contribution is -1.99. The van der Waals surface area contributed by atoms with E-state index < -0.39 is 0 Å². The minimum absolute atomic E-state index is 0.605. The number of aryl methyl sites for hydroxylation is 1. The van der Waals surface area contributed by atoms with Crippen molar-refractivity contribution in [2.24, 2.45) is 0 Å².